The average molecular weight is 730 g/mol. The molecule has 5 rings (SSSR count). The number of Topliss-reactive ketones (excluding diaryl/α,β-unsaturated/α-hetero) is 1. The number of hydrogen-bond donors (Lipinski definition) is 2. The van der Waals surface area contributed by atoms with Crippen LogP contribution in [0.3, 0.4) is 0 Å². The predicted octanol–water partition coefficient (Wildman–Crippen LogP) is 2.80. The first-order valence-electron chi connectivity index (χ1n) is 14.8. The van der Waals surface area contributed by atoms with Gasteiger partial charge in [0.2, 0.25) is 5.82 Å². The number of carbonyl (C=O) groups is 3. The summed E-state index contributed by atoms with van der Waals surface area (Å²) in [6.07, 6.45) is -12.1. The van der Waals surface area contributed by atoms with Gasteiger partial charge >= 0.3 is 18.0 Å². The number of aromatic nitrogens is 7. The Hall–Kier alpha value is -5.11. The molecule has 3 aromatic heterocycles. The van der Waals surface area contributed by atoms with Crippen LogP contribution in [0.25, 0.3) is 17.2 Å². The zero-order valence-corrected chi connectivity index (χ0v) is 26.3. The lowest BCUT2D eigenvalue weighted by molar-refractivity contribution is -0.207. The minimum Gasteiger partial charge on any atom is -0.382 e. The van der Waals surface area contributed by atoms with Crippen molar-refractivity contribution in [3.63, 3.8) is 0 Å². The smallest absolute Gasteiger partial charge is 0.382 e. The number of pyridine rings is 1. The van der Waals surface area contributed by atoms with Gasteiger partial charge in [0, 0.05) is 36.3 Å². The van der Waals surface area contributed by atoms with Gasteiger partial charge < -0.3 is 15.3 Å². The lowest BCUT2D eigenvalue weighted by atomic mass is 10.1. The maximum absolute atomic E-state index is 13.7. The lowest BCUT2D eigenvalue weighted by Gasteiger charge is -2.25. The summed E-state index contributed by atoms with van der Waals surface area (Å²) in [5, 5.41) is 20.6. The minimum atomic E-state index is -5.08. The molecule has 2 N–H and O–H groups in total. The zero-order valence-electron chi connectivity index (χ0n) is 25.6. The number of nitrogens with one attached hydrogen (secondary N) is 1. The van der Waals surface area contributed by atoms with Crippen LogP contribution in [0.15, 0.2) is 47.4 Å². The van der Waals surface area contributed by atoms with E-state index in [-0.39, 0.29) is 58.9 Å². The van der Waals surface area contributed by atoms with Crippen LogP contribution in [0, 0.1) is 0 Å². The molecule has 1 aliphatic rings. The van der Waals surface area contributed by atoms with E-state index in [2.05, 4.69) is 25.5 Å². The maximum atomic E-state index is 13.7. The van der Waals surface area contributed by atoms with Crippen LogP contribution in [0.1, 0.15) is 46.1 Å². The number of rotatable bonds is 10. The molecule has 1 saturated heterocycles. The van der Waals surface area contributed by atoms with Gasteiger partial charge in [-0.1, -0.05) is 11.6 Å². The van der Waals surface area contributed by atoms with Crippen LogP contribution in [0.4, 0.5) is 26.3 Å². The van der Waals surface area contributed by atoms with E-state index >= 15 is 0 Å². The molecule has 2 amide bonds. The average Bonchev–Trinajstić information content (AvgIpc) is 3.60. The lowest BCUT2D eigenvalue weighted by Crippen LogP contribution is -2.41. The van der Waals surface area contributed by atoms with Crippen molar-refractivity contribution in [2.75, 3.05) is 19.6 Å². The van der Waals surface area contributed by atoms with Crippen LogP contribution in [0.2, 0.25) is 5.02 Å². The van der Waals surface area contributed by atoms with Gasteiger partial charge in [-0.3, -0.25) is 19.0 Å². The minimum absolute atomic E-state index is 0.148. The summed E-state index contributed by atoms with van der Waals surface area (Å²) in [6, 6.07) is 8.10. The Labute approximate surface area is 282 Å². The first kappa shape index (κ1) is 36.2. The fourth-order valence-corrected chi connectivity index (χ4v) is 5.07. The van der Waals surface area contributed by atoms with Crippen molar-refractivity contribution < 1.29 is 45.8 Å². The number of halogens is 7. The van der Waals surface area contributed by atoms with E-state index in [1.54, 1.807) is 0 Å². The van der Waals surface area contributed by atoms with Crippen LogP contribution in [-0.2, 0) is 17.9 Å². The molecule has 0 aliphatic carbocycles. The summed E-state index contributed by atoms with van der Waals surface area (Å²) in [4.78, 5) is 61.7. The van der Waals surface area contributed by atoms with E-state index in [0.717, 1.165) is 4.68 Å². The molecule has 0 radical (unpaired) electrons. The van der Waals surface area contributed by atoms with Crippen molar-refractivity contribution in [1.29, 1.82) is 0 Å². The van der Waals surface area contributed by atoms with Crippen molar-refractivity contribution in [1.82, 2.24) is 44.3 Å². The molecule has 50 heavy (non-hydrogen) atoms. The first-order valence-corrected chi connectivity index (χ1v) is 15.1. The summed E-state index contributed by atoms with van der Waals surface area (Å²) in [7, 11) is 0. The van der Waals surface area contributed by atoms with Gasteiger partial charge in [-0.2, -0.15) is 31.0 Å². The molecular formula is C29H26ClF6N9O5. The Morgan fingerprint density at radius 1 is 1.04 bits per heavy atom. The van der Waals surface area contributed by atoms with Crippen LogP contribution >= 0.6 is 11.6 Å². The van der Waals surface area contributed by atoms with Crippen molar-refractivity contribution in [3.8, 4) is 17.2 Å². The molecule has 1 fully saturated rings. The highest BCUT2D eigenvalue weighted by Crippen LogP contribution is 2.25. The Morgan fingerprint density at radius 2 is 1.76 bits per heavy atom. The van der Waals surface area contributed by atoms with Crippen molar-refractivity contribution in [2.24, 2.45) is 0 Å². The summed E-state index contributed by atoms with van der Waals surface area (Å²) >= 11 is 5.93. The highest BCUT2D eigenvalue weighted by Gasteiger charge is 2.39. The highest BCUT2D eigenvalue weighted by atomic mass is 35.5. The Balaban J connectivity index is 1.57. The second kappa shape index (κ2) is 14.4. The van der Waals surface area contributed by atoms with Gasteiger partial charge in [0.1, 0.15) is 6.54 Å². The number of nitrogens with zero attached hydrogens (tertiary/aromatic N) is 8. The maximum Gasteiger partial charge on any atom is 0.416 e. The van der Waals surface area contributed by atoms with Gasteiger partial charge in [-0.05, 0) is 42.8 Å². The molecule has 1 aliphatic heterocycles. The predicted molar refractivity (Wildman–Crippen MR) is 160 cm³/mol. The molecule has 0 unspecified atom stereocenters. The molecule has 4 aromatic rings. The molecule has 4 heterocycles. The number of carbonyl (C=O) groups excluding carboxylic acids is 3. The third kappa shape index (κ3) is 8.36. The van der Waals surface area contributed by atoms with E-state index in [1.807, 2.05) is 0 Å². The van der Waals surface area contributed by atoms with Crippen molar-refractivity contribution in [3.05, 3.63) is 75.3 Å². The molecule has 0 bridgehead atoms. The quantitative estimate of drug-likeness (QED) is 0.233. The molecule has 21 heteroatoms. The number of amides is 2. The van der Waals surface area contributed by atoms with Gasteiger partial charge in [0.25, 0.3) is 11.8 Å². The zero-order chi connectivity index (χ0) is 36.4. The van der Waals surface area contributed by atoms with E-state index in [0.29, 0.717) is 15.7 Å². The highest BCUT2D eigenvalue weighted by molar-refractivity contribution is 6.30. The number of aliphatic hydroxyl groups excluding tert-OH is 1. The van der Waals surface area contributed by atoms with Gasteiger partial charge in [0.15, 0.2) is 29.4 Å². The number of alkyl halides is 6. The largest absolute Gasteiger partial charge is 0.416 e. The van der Waals surface area contributed by atoms with E-state index in [4.69, 9.17) is 11.6 Å². The Morgan fingerprint density at radius 3 is 2.42 bits per heavy atom. The van der Waals surface area contributed by atoms with Crippen molar-refractivity contribution >= 4 is 29.2 Å². The normalized spacial score (nSPS) is 14.6. The fraction of sp³-hybridized carbons (Fsp3) is 0.379. The summed E-state index contributed by atoms with van der Waals surface area (Å²) < 4.78 is 80.2. The standard InChI is InChI=1S/C29H26ClF6N9O5/c30-17-7-5-16(6-8-17)22-41-44(27(50)43(22)14-20(47)29(34,35)36)15-21-39-24(26(49)42-12-2-3-18(46)13-42)45(40-21)23-19(4-1-10-37-23)25(48)38-11-9-28(31,32)33/h1,4-8,10,20,47H,2-3,9,11-15H2,(H,38,48)/t20-/m0/s1. The molecule has 0 saturated carbocycles. The summed E-state index contributed by atoms with van der Waals surface area (Å²) in [5.41, 5.74) is -1.26. The topological polar surface area (TPSA) is 170 Å². The third-order valence-electron chi connectivity index (χ3n) is 7.36. The number of benzene rings is 1. The Bertz CT molecular complexity index is 1960. The molecule has 14 nitrogen and oxygen atoms in total. The number of ketones is 1. The van der Waals surface area contributed by atoms with Crippen LogP contribution in [-0.4, -0.2) is 99.8 Å². The molecule has 1 atom stereocenters. The molecule has 0 spiro atoms. The first-order chi connectivity index (χ1) is 23.5. The van der Waals surface area contributed by atoms with Crippen LogP contribution < -0.4 is 11.0 Å². The van der Waals surface area contributed by atoms with Crippen molar-refractivity contribution in [2.45, 2.75) is 50.8 Å². The number of piperidine rings is 1. The number of aliphatic hydroxyl groups is 1. The van der Waals surface area contributed by atoms with Gasteiger partial charge in [0.05, 0.1) is 25.1 Å². The second-order valence-electron chi connectivity index (χ2n) is 11.1. The van der Waals surface area contributed by atoms with Gasteiger partial charge in [-0.15, -0.1) is 10.2 Å². The fourth-order valence-electron chi connectivity index (χ4n) is 4.95. The van der Waals surface area contributed by atoms with Crippen LogP contribution in [0.5, 0.6) is 0 Å². The SMILES string of the molecule is O=C1CCCN(C(=O)c2nc(Cn3nc(-c4ccc(Cl)cc4)n(C[C@H](O)C(F)(F)F)c3=O)nn2-c2ncccc2C(=O)NCCC(F)(F)F)C1. The second-order valence-corrected chi connectivity index (χ2v) is 11.5. The number of hydrogen-bond acceptors (Lipinski definition) is 9. The molecular weight excluding hydrogens is 704 g/mol. The summed E-state index contributed by atoms with van der Waals surface area (Å²) in [5.74, 6) is -3.50. The Kier molecular flexibility index (Phi) is 10.4. The van der Waals surface area contributed by atoms with Gasteiger partial charge in [-0.25, -0.2) is 19.4 Å². The molecule has 1 aromatic carbocycles. The number of likely N-dealkylation sites (tertiary alicyclic amines) is 1. The van der Waals surface area contributed by atoms with E-state index in [9.17, 15) is 50.6 Å². The van der Waals surface area contributed by atoms with E-state index < -0.39 is 67.8 Å². The third-order valence-corrected chi connectivity index (χ3v) is 7.61. The van der Waals surface area contributed by atoms with E-state index in [1.165, 1.54) is 47.5 Å². The monoisotopic (exact) mass is 729 g/mol. The summed E-state index contributed by atoms with van der Waals surface area (Å²) in [6.45, 7) is -2.78. The molecule has 266 valence electrons.